The first-order valence-corrected chi connectivity index (χ1v) is 6.03. The smallest absolute Gasteiger partial charge is 0.253 e. The Hall–Kier alpha value is -1.75. The van der Waals surface area contributed by atoms with Crippen LogP contribution in [-0.4, -0.2) is 27.6 Å². The number of nitrogens with zero attached hydrogens (tertiary/aromatic N) is 3. The van der Waals surface area contributed by atoms with Crippen LogP contribution in [0.1, 0.15) is 15.9 Å². The van der Waals surface area contributed by atoms with E-state index in [1.165, 1.54) is 0 Å². The van der Waals surface area contributed by atoms with Crippen molar-refractivity contribution in [1.82, 2.24) is 14.7 Å². The molecule has 2 rings (SSSR count). The van der Waals surface area contributed by atoms with Gasteiger partial charge in [-0.2, -0.15) is 5.10 Å². The molecule has 0 fully saturated rings. The normalized spacial score (nSPS) is 10.4. The second kappa shape index (κ2) is 5.27. The van der Waals surface area contributed by atoms with E-state index in [2.05, 4.69) is 17.7 Å². The Morgan fingerprint density at radius 2 is 2.28 bits per heavy atom. The van der Waals surface area contributed by atoms with Crippen LogP contribution in [-0.2, 0) is 13.6 Å². The van der Waals surface area contributed by atoms with Gasteiger partial charge in [-0.3, -0.25) is 9.48 Å². The molecule has 1 aromatic carbocycles. The van der Waals surface area contributed by atoms with Crippen molar-refractivity contribution >= 4 is 18.5 Å². The minimum absolute atomic E-state index is 0.0187. The standard InChI is InChI=1S/C13H15N3OS/c1-15(8-10-7-14-16(2)9-10)13(17)11-4-3-5-12(18)6-11/h3-7,9,18H,8H2,1-2H3. The van der Waals surface area contributed by atoms with Crippen molar-refractivity contribution in [3.63, 3.8) is 0 Å². The summed E-state index contributed by atoms with van der Waals surface area (Å²) < 4.78 is 1.72. The fourth-order valence-electron chi connectivity index (χ4n) is 1.76. The Kier molecular flexibility index (Phi) is 3.72. The van der Waals surface area contributed by atoms with Gasteiger partial charge in [0, 0.05) is 42.9 Å². The average Bonchev–Trinajstić information content (AvgIpc) is 2.73. The van der Waals surface area contributed by atoms with Crippen molar-refractivity contribution in [3.05, 3.63) is 47.8 Å². The summed E-state index contributed by atoms with van der Waals surface area (Å²) in [5.74, 6) is -0.0187. The van der Waals surface area contributed by atoms with E-state index in [9.17, 15) is 4.79 Å². The highest BCUT2D eigenvalue weighted by Crippen LogP contribution is 2.12. The largest absolute Gasteiger partial charge is 0.337 e. The van der Waals surface area contributed by atoms with Gasteiger partial charge in [0.15, 0.2) is 0 Å². The minimum atomic E-state index is -0.0187. The zero-order valence-corrected chi connectivity index (χ0v) is 11.3. The molecule has 94 valence electrons. The van der Waals surface area contributed by atoms with Crippen molar-refractivity contribution in [2.75, 3.05) is 7.05 Å². The van der Waals surface area contributed by atoms with Crippen LogP contribution in [0.15, 0.2) is 41.6 Å². The summed E-state index contributed by atoms with van der Waals surface area (Å²) in [6.07, 6.45) is 3.66. The number of hydrogen-bond donors (Lipinski definition) is 1. The summed E-state index contributed by atoms with van der Waals surface area (Å²) in [6, 6.07) is 7.24. The van der Waals surface area contributed by atoms with Crippen molar-refractivity contribution in [3.8, 4) is 0 Å². The Morgan fingerprint density at radius 1 is 1.50 bits per heavy atom. The van der Waals surface area contributed by atoms with Gasteiger partial charge in [0.1, 0.15) is 0 Å². The van der Waals surface area contributed by atoms with Gasteiger partial charge in [0.05, 0.1) is 6.20 Å². The molecule has 0 bridgehead atoms. The van der Waals surface area contributed by atoms with Crippen LogP contribution in [0.25, 0.3) is 0 Å². The fourth-order valence-corrected chi connectivity index (χ4v) is 1.98. The molecule has 1 heterocycles. The molecule has 0 radical (unpaired) electrons. The van der Waals surface area contributed by atoms with Crippen LogP contribution in [0.4, 0.5) is 0 Å². The number of hydrogen-bond acceptors (Lipinski definition) is 3. The van der Waals surface area contributed by atoms with Gasteiger partial charge < -0.3 is 4.90 Å². The first-order chi connectivity index (χ1) is 8.56. The second-order valence-electron chi connectivity index (χ2n) is 4.23. The lowest BCUT2D eigenvalue weighted by Crippen LogP contribution is -2.26. The molecular formula is C13H15N3OS. The highest BCUT2D eigenvalue weighted by Gasteiger charge is 2.12. The van der Waals surface area contributed by atoms with Crippen molar-refractivity contribution in [1.29, 1.82) is 0 Å². The Morgan fingerprint density at radius 3 is 2.89 bits per heavy atom. The molecule has 0 atom stereocenters. The van der Waals surface area contributed by atoms with Gasteiger partial charge in [0.25, 0.3) is 5.91 Å². The highest BCUT2D eigenvalue weighted by atomic mass is 32.1. The maximum atomic E-state index is 12.2. The molecule has 0 aliphatic rings. The number of amides is 1. The first kappa shape index (κ1) is 12.7. The summed E-state index contributed by atoms with van der Waals surface area (Å²) in [4.78, 5) is 14.6. The van der Waals surface area contributed by atoms with Crippen LogP contribution in [0, 0.1) is 0 Å². The van der Waals surface area contributed by atoms with Crippen molar-refractivity contribution < 1.29 is 4.79 Å². The molecule has 1 amide bonds. The van der Waals surface area contributed by atoms with Gasteiger partial charge >= 0.3 is 0 Å². The molecule has 0 saturated carbocycles. The van der Waals surface area contributed by atoms with Gasteiger partial charge in [-0.05, 0) is 18.2 Å². The van der Waals surface area contributed by atoms with Gasteiger partial charge in [-0.25, -0.2) is 0 Å². The van der Waals surface area contributed by atoms with Crippen LogP contribution in [0.5, 0.6) is 0 Å². The third kappa shape index (κ3) is 2.92. The fraction of sp³-hybridized carbons (Fsp3) is 0.231. The summed E-state index contributed by atoms with van der Waals surface area (Å²) in [6.45, 7) is 0.545. The summed E-state index contributed by atoms with van der Waals surface area (Å²) in [7, 11) is 3.64. The summed E-state index contributed by atoms with van der Waals surface area (Å²) >= 11 is 4.24. The molecule has 0 aliphatic heterocycles. The number of rotatable bonds is 3. The minimum Gasteiger partial charge on any atom is -0.337 e. The van der Waals surface area contributed by atoms with E-state index in [0.717, 1.165) is 10.5 Å². The SMILES string of the molecule is CN(Cc1cnn(C)c1)C(=O)c1cccc(S)c1. The zero-order chi connectivity index (χ0) is 13.1. The van der Waals surface area contributed by atoms with Gasteiger partial charge in [-0.15, -0.1) is 12.6 Å². The number of benzene rings is 1. The molecular weight excluding hydrogens is 246 g/mol. The molecule has 18 heavy (non-hydrogen) atoms. The number of aromatic nitrogens is 2. The lowest BCUT2D eigenvalue weighted by Gasteiger charge is -2.16. The van der Waals surface area contributed by atoms with Crippen molar-refractivity contribution in [2.45, 2.75) is 11.4 Å². The van der Waals surface area contributed by atoms with E-state index in [0.29, 0.717) is 12.1 Å². The number of carbonyl (C=O) groups is 1. The number of thiol groups is 1. The maximum absolute atomic E-state index is 12.2. The van der Waals surface area contributed by atoms with Gasteiger partial charge in [-0.1, -0.05) is 6.07 Å². The number of aryl methyl sites for hydroxylation is 1. The molecule has 2 aromatic rings. The monoisotopic (exact) mass is 261 g/mol. The lowest BCUT2D eigenvalue weighted by molar-refractivity contribution is 0.0785. The summed E-state index contributed by atoms with van der Waals surface area (Å²) in [5, 5.41) is 4.08. The molecule has 0 saturated heterocycles. The molecule has 0 spiro atoms. The third-order valence-electron chi connectivity index (χ3n) is 2.62. The Labute approximate surface area is 112 Å². The Balaban J connectivity index is 2.09. The molecule has 5 heteroatoms. The zero-order valence-electron chi connectivity index (χ0n) is 10.4. The molecule has 4 nitrogen and oxygen atoms in total. The lowest BCUT2D eigenvalue weighted by atomic mass is 10.2. The molecule has 0 aliphatic carbocycles. The van der Waals surface area contributed by atoms with E-state index in [1.807, 2.05) is 25.4 Å². The molecule has 0 unspecified atom stereocenters. The van der Waals surface area contributed by atoms with E-state index >= 15 is 0 Å². The summed E-state index contributed by atoms with van der Waals surface area (Å²) in [5.41, 5.74) is 1.66. The maximum Gasteiger partial charge on any atom is 0.253 e. The van der Waals surface area contributed by atoms with Gasteiger partial charge in [0.2, 0.25) is 0 Å². The van der Waals surface area contributed by atoms with E-state index < -0.39 is 0 Å². The Bertz CT molecular complexity index is 565. The van der Waals surface area contributed by atoms with E-state index in [4.69, 9.17) is 0 Å². The van der Waals surface area contributed by atoms with E-state index in [1.54, 1.807) is 35.0 Å². The number of carbonyl (C=O) groups excluding carboxylic acids is 1. The van der Waals surface area contributed by atoms with E-state index in [-0.39, 0.29) is 5.91 Å². The quantitative estimate of drug-likeness (QED) is 0.858. The average molecular weight is 261 g/mol. The van der Waals surface area contributed by atoms with Crippen LogP contribution < -0.4 is 0 Å². The van der Waals surface area contributed by atoms with Crippen molar-refractivity contribution in [2.24, 2.45) is 7.05 Å². The topological polar surface area (TPSA) is 38.1 Å². The highest BCUT2D eigenvalue weighted by molar-refractivity contribution is 7.80. The second-order valence-corrected chi connectivity index (χ2v) is 4.75. The van der Waals surface area contributed by atoms with Crippen LogP contribution in [0.2, 0.25) is 0 Å². The van der Waals surface area contributed by atoms with Crippen LogP contribution >= 0.6 is 12.6 Å². The molecule has 0 N–H and O–H groups in total. The molecule has 1 aromatic heterocycles. The predicted molar refractivity (Wildman–Crippen MR) is 72.7 cm³/mol. The van der Waals surface area contributed by atoms with Crippen LogP contribution in [0.3, 0.4) is 0 Å². The first-order valence-electron chi connectivity index (χ1n) is 5.58. The predicted octanol–water partition coefficient (Wildman–Crippen LogP) is 1.98. The third-order valence-corrected chi connectivity index (χ3v) is 2.90.